The van der Waals surface area contributed by atoms with Crippen molar-refractivity contribution < 1.29 is 23.9 Å². The van der Waals surface area contributed by atoms with Crippen LogP contribution >= 0.6 is 0 Å². The van der Waals surface area contributed by atoms with E-state index in [2.05, 4.69) is 6.58 Å². The average molecular weight is 513 g/mol. The Morgan fingerprint density at radius 2 is 1.84 bits per heavy atom. The van der Waals surface area contributed by atoms with Crippen LogP contribution in [0.2, 0.25) is 0 Å². The predicted octanol–water partition coefficient (Wildman–Crippen LogP) is 5.55. The summed E-state index contributed by atoms with van der Waals surface area (Å²) in [5, 5.41) is 0. The van der Waals surface area contributed by atoms with Gasteiger partial charge in [0.25, 0.3) is 0 Å². The summed E-state index contributed by atoms with van der Waals surface area (Å²) in [6.45, 7) is 15.8. The smallest absolute Gasteiger partial charge is 0.410 e. The van der Waals surface area contributed by atoms with E-state index < -0.39 is 29.7 Å². The Morgan fingerprint density at radius 3 is 2.35 bits per heavy atom. The molecule has 0 saturated carbocycles. The molecule has 1 aliphatic rings. The fraction of sp³-hybridized carbons (Fsp3) is 0.567. The number of allylic oxidation sites excluding steroid dienone is 1. The lowest BCUT2D eigenvalue weighted by Crippen LogP contribution is -2.59. The van der Waals surface area contributed by atoms with E-state index in [1.54, 1.807) is 25.7 Å². The van der Waals surface area contributed by atoms with Gasteiger partial charge in [-0.15, -0.1) is 0 Å². The third-order valence-corrected chi connectivity index (χ3v) is 6.62. The minimum Gasteiger partial charge on any atom is -0.467 e. The molecule has 4 atom stereocenters. The maximum atomic E-state index is 14.6. The van der Waals surface area contributed by atoms with E-state index in [0.29, 0.717) is 25.8 Å². The molecule has 0 aliphatic carbocycles. The number of ether oxygens (including phenoxy) is 2. The van der Waals surface area contributed by atoms with Crippen LogP contribution in [0.1, 0.15) is 66.4 Å². The molecular formula is C30H44N2O5. The van der Waals surface area contributed by atoms with Crippen molar-refractivity contribution in [2.45, 2.75) is 91.0 Å². The highest BCUT2D eigenvalue weighted by atomic mass is 16.6. The number of carbonyl (C=O) groups is 3. The standard InChI is InChI=1S/C30H44N2O5/c1-9-11-17-23(10-2)32(25(28(34)36-8)20-22-15-13-12-14-16-22)27(33)26-24(21(3)4)18-19-31(26)29(35)37-30(5,6)7/h11-17,23-26H,3,9-10,18-20H2,1-2,4-8H3/b17-11+/t23?,24-,25?,26+/m0/s1. The number of benzene rings is 1. The van der Waals surface area contributed by atoms with E-state index in [1.165, 1.54) is 12.0 Å². The maximum absolute atomic E-state index is 14.6. The second-order valence-corrected chi connectivity index (χ2v) is 10.6. The molecule has 1 aromatic carbocycles. The van der Waals surface area contributed by atoms with Crippen molar-refractivity contribution >= 4 is 18.0 Å². The summed E-state index contributed by atoms with van der Waals surface area (Å²) in [6.07, 6.45) is 5.73. The maximum Gasteiger partial charge on any atom is 0.410 e. The van der Waals surface area contributed by atoms with Crippen LogP contribution in [-0.4, -0.2) is 65.2 Å². The summed E-state index contributed by atoms with van der Waals surface area (Å²) >= 11 is 0. The zero-order valence-corrected chi connectivity index (χ0v) is 23.5. The molecule has 2 rings (SSSR count). The summed E-state index contributed by atoms with van der Waals surface area (Å²) in [6, 6.07) is 7.55. The first-order valence-electron chi connectivity index (χ1n) is 13.2. The molecule has 1 aromatic rings. The Bertz CT molecular complexity index is 966. The minimum atomic E-state index is -0.863. The molecular weight excluding hydrogens is 468 g/mol. The second kappa shape index (κ2) is 13.5. The van der Waals surface area contributed by atoms with E-state index in [0.717, 1.165) is 17.6 Å². The summed E-state index contributed by atoms with van der Waals surface area (Å²) in [5.74, 6) is -1.03. The van der Waals surface area contributed by atoms with Crippen molar-refractivity contribution in [3.05, 3.63) is 60.2 Å². The number of hydrogen-bond donors (Lipinski definition) is 0. The van der Waals surface area contributed by atoms with Gasteiger partial charge in [-0.05, 0) is 52.5 Å². The lowest BCUT2D eigenvalue weighted by molar-refractivity contribution is -0.156. The first-order valence-corrected chi connectivity index (χ1v) is 13.2. The fourth-order valence-corrected chi connectivity index (χ4v) is 4.83. The van der Waals surface area contributed by atoms with Crippen LogP contribution < -0.4 is 0 Å². The highest BCUT2D eigenvalue weighted by Crippen LogP contribution is 2.34. The Kier molecular flexibility index (Phi) is 11.0. The van der Waals surface area contributed by atoms with Crippen LogP contribution in [0.5, 0.6) is 0 Å². The second-order valence-electron chi connectivity index (χ2n) is 10.6. The van der Waals surface area contributed by atoms with Crippen molar-refractivity contribution in [3.63, 3.8) is 0 Å². The number of amides is 2. The molecule has 37 heavy (non-hydrogen) atoms. The van der Waals surface area contributed by atoms with Crippen molar-refractivity contribution in [2.75, 3.05) is 13.7 Å². The van der Waals surface area contributed by atoms with E-state index in [1.807, 2.05) is 63.3 Å². The van der Waals surface area contributed by atoms with Crippen LogP contribution in [0.3, 0.4) is 0 Å². The fourth-order valence-electron chi connectivity index (χ4n) is 4.83. The van der Waals surface area contributed by atoms with E-state index in [-0.39, 0.29) is 17.9 Å². The number of likely N-dealkylation sites (tertiary alicyclic amines) is 1. The molecule has 0 radical (unpaired) electrons. The highest BCUT2D eigenvalue weighted by molar-refractivity contribution is 5.91. The summed E-state index contributed by atoms with van der Waals surface area (Å²) < 4.78 is 10.9. The molecule has 0 spiro atoms. The van der Waals surface area contributed by atoms with Crippen molar-refractivity contribution in [1.82, 2.24) is 9.80 Å². The van der Waals surface area contributed by atoms with Crippen molar-refractivity contribution in [1.29, 1.82) is 0 Å². The number of methoxy groups -OCH3 is 1. The molecule has 7 nitrogen and oxygen atoms in total. The molecule has 1 fully saturated rings. The van der Waals surface area contributed by atoms with Gasteiger partial charge >= 0.3 is 12.1 Å². The minimum absolute atomic E-state index is 0.245. The van der Waals surface area contributed by atoms with E-state index in [9.17, 15) is 14.4 Å². The van der Waals surface area contributed by atoms with Gasteiger partial charge in [-0.25, -0.2) is 9.59 Å². The predicted molar refractivity (Wildman–Crippen MR) is 146 cm³/mol. The van der Waals surface area contributed by atoms with Gasteiger partial charge in [0.1, 0.15) is 17.7 Å². The number of carbonyl (C=O) groups excluding carboxylic acids is 3. The summed E-state index contributed by atoms with van der Waals surface area (Å²) in [7, 11) is 1.34. The molecule has 0 bridgehead atoms. The number of esters is 1. The third-order valence-electron chi connectivity index (χ3n) is 6.62. The van der Waals surface area contributed by atoms with E-state index >= 15 is 0 Å². The molecule has 1 saturated heterocycles. The van der Waals surface area contributed by atoms with Gasteiger partial charge in [0, 0.05) is 18.9 Å². The van der Waals surface area contributed by atoms with Gasteiger partial charge in [-0.1, -0.05) is 68.5 Å². The summed E-state index contributed by atoms with van der Waals surface area (Å²) in [5.41, 5.74) is 1.03. The van der Waals surface area contributed by atoms with Gasteiger partial charge in [-0.3, -0.25) is 9.69 Å². The third kappa shape index (κ3) is 7.94. The van der Waals surface area contributed by atoms with Gasteiger partial charge < -0.3 is 14.4 Å². The van der Waals surface area contributed by atoms with Crippen LogP contribution in [0.4, 0.5) is 4.79 Å². The van der Waals surface area contributed by atoms with Crippen molar-refractivity contribution in [3.8, 4) is 0 Å². The van der Waals surface area contributed by atoms with Crippen LogP contribution in [-0.2, 0) is 25.5 Å². The Hall–Kier alpha value is -3.09. The molecule has 0 aromatic heterocycles. The molecule has 1 aliphatic heterocycles. The molecule has 1 heterocycles. The normalized spacial score (nSPS) is 19.4. The highest BCUT2D eigenvalue weighted by Gasteiger charge is 2.48. The first-order chi connectivity index (χ1) is 17.4. The molecule has 2 amide bonds. The zero-order chi connectivity index (χ0) is 27.8. The zero-order valence-electron chi connectivity index (χ0n) is 23.5. The number of rotatable bonds is 10. The first kappa shape index (κ1) is 30.1. The SMILES string of the molecule is C=C(C)[C@@H]1CCN(C(=O)OC(C)(C)C)[C@H]1C(=O)N(C(/C=C/CC)CC)C(Cc1ccccc1)C(=O)OC. The summed E-state index contributed by atoms with van der Waals surface area (Å²) in [4.78, 5) is 44.1. The van der Waals surface area contributed by atoms with Crippen LogP contribution in [0.25, 0.3) is 0 Å². The molecule has 204 valence electrons. The van der Waals surface area contributed by atoms with Gasteiger partial charge in [0.15, 0.2) is 0 Å². The quantitative estimate of drug-likeness (QED) is 0.304. The topological polar surface area (TPSA) is 76.2 Å². The van der Waals surface area contributed by atoms with Gasteiger partial charge in [-0.2, -0.15) is 0 Å². The van der Waals surface area contributed by atoms with Crippen LogP contribution in [0, 0.1) is 5.92 Å². The molecule has 2 unspecified atom stereocenters. The average Bonchev–Trinajstić information content (AvgIpc) is 3.30. The molecule has 7 heteroatoms. The molecule has 0 N–H and O–H groups in total. The van der Waals surface area contributed by atoms with Crippen LogP contribution in [0.15, 0.2) is 54.6 Å². The van der Waals surface area contributed by atoms with Crippen molar-refractivity contribution in [2.24, 2.45) is 5.92 Å². The Labute approximate surface area is 222 Å². The van der Waals surface area contributed by atoms with E-state index in [4.69, 9.17) is 9.47 Å². The van der Waals surface area contributed by atoms with Gasteiger partial charge in [0.2, 0.25) is 5.91 Å². The Balaban J connectivity index is 2.62. The monoisotopic (exact) mass is 512 g/mol. The number of hydrogen-bond acceptors (Lipinski definition) is 5. The largest absolute Gasteiger partial charge is 0.467 e. The number of nitrogens with zero attached hydrogens (tertiary/aromatic N) is 2. The lowest BCUT2D eigenvalue weighted by Gasteiger charge is -2.40. The lowest BCUT2D eigenvalue weighted by atomic mass is 9.91. The Morgan fingerprint density at radius 1 is 1.19 bits per heavy atom. The van der Waals surface area contributed by atoms with Gasteiger partial charge in [0.05, 0.1) is 13.2 Å².